The fourth-order valence-electron chi connectivity index (χ4n) is 16.0. The smallest absolute Gasteiger partial charge is 0.205 e. The fourth-order valence-corrected chi connectivity index (χ4v) is 16.0. The van der Waals surface area contributed by atoms with Crippen LogP contribution in [-0.2, 0) is 0 Å². The van der Waals surface area contributed by atoms with Crippen molar-refractivity contribution in [2.24, 2.45) is 0 Å². The van der Waals surface area contributed by atoms with Crippen molar-refractivity contribution < 1.29 is 158 Å². The monoisotopic (exact) mass is 1600 g/mol. The number of carbonyl (C=O) groups excluding carboxylic acids is 6. The van der Waals surface area contributed by atoms with E-state index >= 15 is 17.6 Å². The number of hydroxylamine groups is 18. The van der Waals surface area contributed by atoms with Crippen LogP contribution in [0, 0.1) is 52.4 Å². The normalized spacial score (nSPS) is 19.0. The van der Waals surface area contributed by atoms with Gasteiger partial charge >= 0.3 is 0 Å². The number of fused-ring (bicyclic) bond motifs is 6. The lowest BCUT2D eigenvalue weighted by Crippen LogP contribution is -2.57. The summed E-state index contributed by atoms with van der Waals surface area (Å²) < 4.78 is 132. The number of nitrogens with one attached hydrogen (secondary N) is 6. The molecule has 30 nitrogen and oxygen atoms in total. The van der Waals surface area contributed by atoms with Crippen LogP contribution in [0.15, 0.2) is 18.2 Å². The lowest BCUT2D eigenvalue weighted by molar-refractivity contribution is -1.13. The number of quaternary nitrogens is 6. The highest BCUT2D eigenvalue weighted by Crippen LogP contribution is 2.50. The minimum absolute atomic E-state index is 0.00115. The molecule has 0 aromatic heterocycles. The number of rotatable bonds is 24. The van der Waals surface area contributed by atoms with Gasteiger partial charge in [0.1, 0.15) is 124 Å². The quantitative estimate of drug-likeness (QED) is 0.0156. The molecule has 6 fully saturated rings. The van der Waals surface area contributed by atoms with Crippen LogP contribution in [0.25, 0.3) is 0 Å². The van der Waals surface area contributed by atoms with E-state index in [1.165, 1.54) is 0 Å². The van der Waals surface area contributed by atoms with E-state index in [4.69, 9.17) is 0 Å². The molecule has 15 rings (SSSR count). The summed E-state index contributed by atoms with van der Waals surface area (Å²) in [5.41, 5.74) is -10.9. The molecule has 9 aliphatic rings. The Morgan fingerprint density at radius 1 is 0.257 bits per heavy atom. The summed E-state index contributed by atoms with van der Waals surface area (Å²) in [6, 6.07) is 3.85. The molecule has 0 amide bonds. The molecular weight excluding hydrogens is 1520 g/mol. The summed E-state index contributed by atoms with van der Waals surface area (Å²) in [6.45, 7) is 7.13. The van der Waals surface area contributed by atoms with Crippen molar-refractivity contribution >= 4 is 68.8 Å². The molecule has 3 aliphatic carbocycles. The van der Waals surface area contributed by atoms with Crippen molar-refractivity contribution in [2.75, 3.05) is 189 Å². The van der Waals surface area contributed by atoms with Crippen LogP contribution in [0.5, 0.6) is 34.5 Å². The van der Waals surface area contributed by atoms with Crippen molar-refractivity contribution in [3.63, 3.8) is 0 Å². The highest BCUT2D eigenvalue weighted by atomic mass is 19.2. The molecule has 6 saturated heterocycles. The van der Waals surface area contributed by atoms with Gasteiger partial charge in [-0.3, -0.25) is 28.8 Å². The van der Waals surface area contributed by atoms with Gasteiger partial charge < -0.3 is 62.5 Å². The predicted octanol–water partition coefficient (Wildman–Crippen LogP) is 7.78. The molecule has 0 atom stereocenters. The molecule has 6 aliphatic heterocycles. The first-order chi connectivity index (χ1) is 53.4. The molecule has 6 heterocycles. The van der Waals surface area contributed by atoms with Gasteiger partial charge in [-0.1, -0.05) is 0 Å². The molecule has 0 saturated carbocycles. The molecule has 0 radical (unpaired) electrons. The van der Waals surface area contributed by atoms with Gasteiger partial charge in [-0.2, -0.15) is 45.4 Å². The number of aromatic hydroxyl groups is 6. The Balaban J connectivity index is 0.000000148. The number of nitrogens with zero attached hydrogens (tertiary/aromatic N) is 6. The van der Waals surface area contributed by atoms with Gasteiger partial charge in [0.15, 0.2) is 57.8 Å². The van der Waals surface area contributed by atoms with Crippen LogP contribution in [0.4, 0.5) is 73.6 Å². The number of likely N-dealkylation sites (tertiary alicyclic amines) is 6. The fraction of sp³-hybridized carbons (Fsp3) is 0.432. The van der Waals surface area contributed by atoms with Crippen molar-refractivity contribution in [3.8, 4) is 34.5 Å². The number of halogens is 9. The summed E-state index contributed by atoms with van der Waals surface area (Å²) in [7, 11) is 0. The highest BCUT2D eigenvalue weighted by Gasteiger charge is 2.49. The first-order valence-electron chi connectivity index (χ1n) is 37.0. The van der Waals surface area contributed by atoms with E-state index in [-0.39, 0.29) is 91.4 Å². The molecule has 18 N–H and O–H groups in total. The molecule has 39 heteroatoms. The third-order valence-corrected chi connectivity index (χ3v) is 23.0. The second-order valence-electron chi connectivity index (χ2n) is 30.3. The summed E-state index contributed by atoms with van der Waals surface area (Å²) in [5.74, 6) is -30.3. The first kappa shape index (κ1) is 80.9. The molecule has 6 aromatic rings. The van der Waals surface area contributed by atoms with E-state index in [0.29, 0.717) is 122 Å². The second-order valence-corrected chi connectivity index (χ2v) is 30.3. The third-order valence-electron chi connectivity index (χ3n) is 23.0. The standard InChI is InChI=1S/C26H28F4N4O6.C24H24F4N4O6.C24H27FN4O6/c27-17-18(28)22(32-6-12-34(40)9-3-4-10-34)14-13(21(17)31-5-11-33(39)7-1-2-8-33)23(35)15-16(24(14)36)26(38)20(30)19(29)25(15)37;25-15-16(26)20(30-4-10-32(38)7-2-8-32)12-11(19(15)29-3-9-31(37)5-1-6-31)21(33)13-14(22(12)34)24(36)18(28)17(27)23(13)35;25-14-13-17(30)20-21(22(14)31)24(33)19-16(27-6-12-29(35)9-2-10-29)4-3-15(18(19)23(20)32)26-5-11-28(34)7-1-8-28/h39-40H,1-12H2,(H2-2,31,32,35,36,37,38);37-38H,1-10H2,(H2-2,29,30,33,34,35,36);3-4,13,34-35H,1-2,5-12H2,(H2-2,26,27,30,31,32,33)/p+6. The van der Waals surface area contributed by atoms with Crippen molar-refractivity contribution in [1.29, 1.82) is 0 Å². The molecule has 6 aromatic carbocycles. The maximum atomic E-state index is 15.5. The van der Waals surface area contributed by atoms with Crippen LogP contribution in [0.3, 0.4) is 0 Å². The molecular formula is C74H85F9N12O18+6. The van der Waals surface area contributed by atoms with Crippen LogP contribution < -0.4 is 31.9 Å². The number of hydrogen-bond donors (Lipinski definition) is 18. The number of hydrogen-bond acceptors (Lipinski definition) is 24. The second kappa shape index (κ2) is 30.6. The number of carbonyl (C=O) groups is 6. The molecule has 0 unspecified atom stereocenters. The van der Waals surface area contributed by atoms with Gasteiger partial charge in [-0.05, 0) is 12.1 Å². The van der Waals surface area contributed by atoms with Crippen molar-refractivity contribution in [1.82, 2.24) is 0 Å². The SMILES string of the molecule is O=C1c2c(O)c(F)c(F)c(O)c2C(=O)c2c(NCC[N+]3(O)CCC3)c(F)c(F)c(NCC[N+]3(O)CCC3)c21.O=C1c2c(O)c(F)c(F)c(O)c2C(=O)c2c(NCC[N+]3(O)CCCC3)c(F)c(F)c(NCC[N+]3(O)CCCC3)c21.O=C1c2c(O)cc(F)c(O)c2C(=O)c2c(NCC[N+]3(O)CCC3)ccc(NCC[N+]3(O)CCC3)c21. The van der Waals surface area contributed by atoms with E-state index in [1.54, 1.807) is 12.1 Å². The summed E-state index contributed by atoms with van der Waals surface area (Å²) >= 11 is 0. The van der Waals surface area contributed by atoms with Gasteiger partial charge in [0.05, 0.1) is 154 Å². The zero-order chi connectivity index (χ0) is 81.5. The minimum Gasteiger partial charge on any atom is -0.507 e. The number of phenols is 6. The molecule has 606 valence electrons. The van der Waals surface area contributed by atoms with E-state index < -0.39 is 200 Å². The Bertz CT molecular complexity index is 4770. The van der Waals surface area contributed by atoms with Crippen LogP contribution in [0.1, 0.15) is 147 Å². The van der Waals surface area contributed by atoms with Gasteiger partial charge in [-0.15, -0.1) is 0 Å². The average Bonchev–Trinajstić information content (AvgIpc) is 1.31. The Hall–Kier alpha value is -10.2. The van der Waals surface area contributed by atoms with E-state index in [1.807, 2.05) is 0 Å². The lowest BCUT2D eigenvalue weighted by Gasteiger charge is -2.37. The van der Waals surface area contributed by atoms with Crippen LogP contribution >= 0.6 is 0 Å². The zero-order valence-electron chi connectivity index (χ0n) is 60.8. The van der Waals surface area contributed by atoms with Crippen LogP contribution in [0.2, 0.25) is 0 Å². The Morgan fingerprint density at radius 3 is 0.690 bits per heavy atom. The minimum atomic E-state index is -1.99. The Labute approximate surface area is 636 Å². The lowest BCUT2D eigenvalue weighted by atomic mass is 9.80. The summed E-state index contributed by atoms with van der Waals surface area (Å²) in [6.07, 6.45) is 6.43. The molecule has 0 bridgehead atoms. The summed E-state index contributed by atoms with van der Waals surface area (Å²) in [5, 5.41) is 140. The number of ketones is 6. The molecule has 0 spiro atoms. The maximum absolute atomic E-state index is 15.5. The topological polar surface area (TPSA) is 417 Å². The first-order valence-corrected chi connectivity index (χ1v) is 37.0. The van der Waals surface area contributed by atoms with E-state index in [9.17, 15) is 113 Å². The zero-order valence-corrected chi connectivity index (χ0v) is 60.8. The van der Waals surface area contributed by atoms with Gasteiger partial charge in [0.25, 0.3) is 0 Å². The van der Waals surface area contributed by atoms with Crippen molar-refractivity contribution in [2.45, 2.75) is 51.4 Å². The van der Waals surface area contributed by atoms with Gasteiger partial charge in [0.2, 0.25) is 58.0 Å². The van der Waals surface area contributed by atoms with E-state index in [2.05, 4.69) is 31.9 Å². The third kappa shape index (κ3) is 14.7. The van der Waals surface area contributed by atoms with Gasteiger partial charge in [0, 0.05) is 43.1 Å². The Kier molecular flexibility index (Phi) is 21.9. The summed E-state index contributed by atoms with van der Waals surface area (Å²) in [4.78, 5) is 81.1. The van der Waals surface area contributed by atoms with E-state index in [0.717, 1.165) is 51.4 Å². The average molecular weight is 1600 g/mol. The van der Waals surface area contributed by atoms with Gasteiger partial charge in [-0.25, -0.2) is 53.2 Å². The Morgan fingerprint density at radius 2 is 0.460 bits per heavy atom. The van der Waals surface area contributed by atoms with Crippen molar-refractivity contribution in [3.05, 3.63) is 137 Å². The highest BCUT2D eigenvalue weighted by molar-refractivity contribution is 6.36. The maximum Gasteiger partial charge on any atom is 0.205 e. The number of phenolic OH excluding ortho intramolecular Hbond substituents is 6. The molecule has 113 heavy (non-hydrogen) atoms. The number of benzene rings is 6. The van der Waals surface area contributed by atoms with Crippen LogP contribution in [-0.4, -0.2) is 282 Å². The number of anilines is 6. The predicted molar refractivity (Wildman–Crippen MR) is 377 cm³/mol. The largest absolute Gasteiger partial charge is 0.507 e.